The second-order valence-corrected chi connectivity index (χ2v) is 8.52. The average Bonchev–Trinajstić information content (AvgIpc) is 3.00. The van der Waals surface area contributed by atoms with Gasteiger partial charge in [0.15, 0.2) is 0 Å². The number of benzene rings is 2. The molecule has 0 bridgehead atoms. The fourth-order valence-electron chi connectivity index (χ4n) is 4.29. The molecule has 0 saturated carbocycles. The van der Waals surface area contributed by atoms with Crippen LogP contribution >= 0.6 is 11.6 Å². The van der Waals surface area contributed by atoms with E-state index in [0.717, 1.165) is 0 Å². The predicted molar refractivity (Wildman–Crippen MR) is 127 cm³/mol. The van der Waals surface area contributed by atoms with Gasteiger partial charge in [-0.15, -0.1) is 0 Å². The molecule has 5 rings (SSSR count). The summed E-state index contributed by atoms with van der Waals surface area (Å²) in [6, 6.07) is 12.4. The standard InChI is InChI=1S/C24H21ClN4O4/c1-13-11-28-12-16(22(30)19-17(25)9-10-18(33-13)21(19)28)23(31)26-20-14(2)27(3)29(24(20)32)15-7-5-4-6-8-15/h4-10,12-13H,11H2,1-3H3,(H,26,31). The number of para-hydroxylation sites is 1. The number of carbonyl (C=O) groups is 1. The number of hydrogen-bond donors (Lipinski definition) is 1. The second-order valence-electron chi connectivity index (χ2n) is 8.11. The monoisotopic (exact) mass is 464 g/mol. The van der Waals surface area contributed by atoms with Crippen LogP contribution < -0.4 is 21.0 Å². The van der Waals surface area contributed by atoms with Crippen molar-refractivity contribution in [3.05, 3.63) is 85.5 Å². The second kappa shape index (κ2) is 7.67. The molecule has 8 nitrogen and oxygen atoms in total. The number of ether oxygens (including phenoxy) is 1. The Morgan fingerprint density at radius 3 is 2.61 bits per heavy atom. The fraction of sp³-hybridized carbons (Fsp3) is 0.208. The Kier molecular flexibility index (Phi) is 4.90. The zero-order valence-corrected chi connectivity index (χ0v) is 19.0. The Morgan fingerprint density at radius 1 is 1.15 bits per heavy atom. The SMILES string of the molecule is Cc1c(NC(=O)c2cn3c4c(ccc(Cl)c4c2=O)OC(C)C3)c(=O)n(-c2ccccc2)n1C. The van der Waals surface area contributed by atoms with Crippen molar-refractivity contribution < 1.29 is 9.53 Å². The Morgan fingerprint density at radius 2 is 1.88 bits per heavy atom. The van der Waals surface area contributed by atoms with E-state index in [1.54, 1.807) is 47.5 Å². The minimum absolute atomic E-state index is 0.0930. The fourth-order valence-corrected chi connectivity index (χ4v) is 4.53. The molecule has 4 aromatic rings. The molecule has 0 fully saturated rings. The minimum Gasteiger partial charge on any atom is -0.487 e. The van der Waals surface area contributed by atoms with Crippen LogP contribution in [0.15, 0.2) is 58.3 Å². The zero-order chi connectivity index (χ0) is 23.4. The molecule has 1 atom stereocenters. The van der Waals surface area contributed by atoms with Gasteiger partial charge >= 0.3 is 0 Å². The molecule has 0 aliphatic carbocycles. The van der Waals surface area contributed by atoms with E-state index in [4.69, 9.17) is 16.3 Å². The maximum Gasteiger partial charge on any atom is 0.295 e. The highest BCUT2D eigenvalue weighted by Gasteiger charge is 2.26. The highest BCUT2D eigenvalue weighted by atomic mass is 35.5. The van der Waals surface area contributed by atoms with Gasteiger partial charge in [0.2, 0.25) is 5.43 Å². The van der Waals surface area contributed by atoms with Crippen LogP contribution in [-0.4, -0.2) is 25.9 Å². The molecule has 0 radical (unpaired) electrons. The molecule has 33 heavy (non-hydrogen) atoms. The average molecular weight is 465 g/mol. The van der Waals surface area contributed by atoms with Crippen LogP contribution in [0.5, 0.6) is 5.75 Å². The van der Waals surface area contributed by atoms with Crippen molar-refractivity contribution in [2.45, 2.75) is 26.5 Å². The van der Waals surface area contributed by atoms with Crippen LogP contribution in [0.4, 0.5) is 5.69 Å². The molecule has 1 unspecified atom stereocenters. The highest BCUT2D eigenvalue weighted by Crippen LogP contribution is 2.33. The third-order valence-corrected chi connectivity index (χ3v) is 6.27. The number of halogens is 1. The van der Waals surface area contributed by atoms with E-state index in [1.807, 2.05) is 25.1 Å². The molecule has 0 spiro atoms. The van der Waals surface area contributed by atoms with Crippen molar-refractivity contribution in [2.24, 2.45) is 7.05 Å². The number of amides is 1. The summed E-state index contributed by atoms with van der Waals surface area (Å²) in [5.74, 6) is -0.126. The maximum atomic E-state index is 13.3. The lowest BCUT2D eigenvalue weighted by Crippen LogP contribution is -2.31. The summed E-state index contributed by atoms with van der Waals surface area (Å²) >= 11 is 6.35. The molecular weight excluding hydrogens is 444 g/mol. The molecule has 0 saturated heterocycles. The number of nitrogens with zero attached hydrogens (tertiary/aromatic N) is 3. The molecule has 1 N–H and O–H groups in total. The summed E-state index contributed by atoms with van der Waals surface area (Å²) in [6.45, 7) is 4.09. The molecule has 168 valence electrons. The van der Waals surface area contributed by atoms with E-state index >= 15 is 0 Å². The van der Waals surface area contributed by atoms with Gasteiger partial charge in [-0.05, 0) is 38.1 Å². The normalized spacial score (nSPS) is 14.8. The van der Waals surface area contributed by atoms with Gasteiger partial charge in [-0.2, -0.15) is 0 Å². The van der Waals surface area contributed by atoms with E-state index in [0.29, 0.717) is 29.2 Å². The van der Waals surface area contributed by atoms with E-state index in [1.165, 1.54) is 10.9 Å². The quantitative estimate of drug-likeness (QED) is 0.503. The number of aromatic nitrogens is 3. The molecule has 1 aliphatic rings. The van der Waals surface area contributed by atoms with E-state index in [2.05, 4.69) is 5.32 Å². The lowest BCUT2D eigenvalue weighted by molar-refractivity contribution is 0.102. The lowest BCUT2D eigenvalue weighted by Gasteiger charge is -2.26. The summed E-state index contributed by atoms with van der Waals surface area (Å²) in [6.07, 6.45) is 1.36. The van der Waals surface area contributed by atoms with Crippen molar-refractivity contribution in [1.82, 2.24) is 13.9 Å². The van der Waals surface area contributed by atoms with Gasteiger partial charge in [-0.3, -0.25) is 19.1 Å². The van der Waals surface area contributed by atoms with Gasteiger partial charge in [0.05, 0.1) is 33.9 Å². The first-order valence-corrected chi connectivity index (χ1v) is 10.8. The topological polar surface area (TPSA) is 87.3 Å². The van der Waals surface area contributed by atoms with Crippen LogP contribution in [0.2, 0.25) is 5.02 Å². The summed E-state index contributed by atoms with van der Waals surface area (Å²) < 4.78 is 10.8. The summed E-state index contributed by atoms with van der Waals surface area (Å²) in [5, 5.41) is 3.13. The highest BCUT2D eigenvalue weighted by molar-refractivity contribution is 6.35. The van der Waals surface area contributed by atoms with Crippen LogP contribution in [0, 0.1) is 6.92 Å². The first-order valence-electron chi connectivity index (χ1n) is 10.5. The van der Waals surface area contributed by atoms with Crippen LogP contribution in [0.25, 0.3) is 16.6 Å². The van der Waals surface area contributed by atoms with E-state index in [-0.39, 0.29) is 33.3 Å². The van der Waals surface area contributed by atoms with Gasteiger partial charge in [-0.25, -0.2) is 4.68 Å². The summed E-state index contributed by atoms with van der Waals surface area (Å²) in [5.41, 5.74) is 0.897. The van der Waals surface area contributed by atoms with Crippen LogP contribution in [0.3, 0.4) is 0 Å². The Labute approximate surface area is 193 Å². The van der Waals surface area contributed by atoms with Gasteiger partial charge < -0.3 is 14.6 Å². The third-order valence-electron chi connectivity index (χ3n) is 5.95. The van der Waals surface area contributed by atoms with Crippen molar-refractivity contribution in [2.75, 3.05) is 5.32 Å². The van der Waals surface area contributed by atoms with E-state index < -0.39 is 11.3 Å². The predicted octanol–water partition coefficient (Wildman–Crippen LogP) is 3.49. The number of hydrogen-bond acceptors (Lipinski definition) is 4. The van der Waals surface area contributed by atoms with Crippen molar-refractivity contribution >= 4 is 34.1 Å². The zero-order valence-electron chi connectivity index (χ0n) is 18.3. The largest absolute Gasteiger partial charge is 0.487 e. The van der Waals surface area contributed by atoms with Gasteiger partial charge in [0, 0.05) is 13.2 Å². The molecule has 2 aromatic carbocycles. The number of rotatable bonds is 3. The summed E-state index contributed by atoms with van der Waals surface area (Å²) in [4.78, 5) is 39.7. The molecule has 3 heterocycles. The van der Waals surface area contributed by atoms with Gasteiger partial charge in [-0.1, -0.05) is 29.8 Å². The number of nitrogens with one attached hydrogen (secondary N) is 1. The molecule has 9 heteroatoms. The Balaban J connectivity index is 1.62. The Bertz CT molecular complexity index is 1550. The molecule has 2 aromatic heterocycles. The lowest BCUT2D eigenvalue weighted by atomic mass is 10.1. The maximum absolute atomic E-state index is 13.3. The van der Waals surface area contributed by atoms with Gasteiger partial charge in [0.25, 0.3) is 11.5 Å². The van der Waals surface area contributed by atoms with Crippen molar-refractivity contribution in [3.8, 4) is 11.4 Å². The van der Waals surface area contributed by atoms with Crippen molar-refractivity contribution in [1.29, 1.82) is 0 Å². The first-order chi connectivity index (χ1) is 15.8. The van der Waals surface area contributed by atoms with Crippen LogP contribution in [-0.2, 0) is 13.6 Å². The first kappa shape index (κ1) is 21.1. The molecule has 1 amide bonds. The Hall–Kier alpha value is -3.78. The summed E-state index contributed by atoms with van der Waals surface area (Å²) in [7, 11) is 1.73. The van der Waals surface area contributed by atoms with Gasteiger partial charge in [0.1, 0.15) is 23.1 Å². The number of anilines is 1. The van der Waals surface area contributed by atoms with Crippen molar-refractivity contribution in [3.63, 3.8) is 0 Å². The molecule has 1 aliphatic heterocycles. The number of carbonyl (C=O) groups excluding carboxylic acids is 1. The smallest absolute Gasteiger partial charge is 0.295 e. The molecular formula is C24H21ClN4O4. The minimum atomic E-state index is -0.669. The number of pyridine rings is 1. The van der Waals surface area contributed by atoms with Crippen LogP contribution in [0.1, 0.15) is 23.0 Å². The van der Waals surface area contributed by atoms with E-state index in [9.17, 15) is 14.4 Å². The third kappa shape index (κ3) is 3.25.